The maximum atomic E-state index is 12.2. The highest BCUT2D eigenvalue weighted by atomic mass is 35.5. The molecule has 0 radical (unpaired) electrons. The first kappa shape index (κ1) is 20.7. The van der Waals surface area contributed by atoms with Crippen molar-refractivity contribution in [3.05, 3.63) is 65.7 Å². The first-order chi connectivity index (χ1) is 11.5. The number of hydrogen-bond donors (Lipinski definition) is 3. The normalized spacial score (nSPS) is 11.4. The van der Waals surface area contributed by atoms with Gasteiger partial charge >= 0.3 is 0 Å². The van der Waals surface area contributed by atoms with Gasteiger partial charge in [0.2, 0.25) is 5.91 Å². The third-order valence-electron chi connectivity index (χ3n) is 3.47. The topological polar surface area (TPSA) is 84.2 Å². The molecule has 0 aliphatic rings. The highest BCUT2D eigenvalue weighted by Gasteiger charge is 2.14. The Kier molecular flexibility index (Phi) is 8.11. The van der Waals surface area contributed by atoms with Crippen molar-refractivity contribution in [3.8, 4) is 0 Å². The second-order valence-electron chi connectivity index (χ2n) is 5.99. The Morgan fingerprint density at radius 2 is 1.60 bits per heavy atom. The Hall–Kier alpha value is -2.37. The first-order valence-electron chi connectivity index (χ1n) is 7.97. The molecule has 0 spiro atoms. The Morgan fingerprint density at radius 1 is 1.00 bits per heavy atom. The number of amides is 2. The van der Waals surface area contributed by atoms with E-state index >= 15 is 0 Å². The molecular weight excluding hydrogens is 338 g/mol. The minimum atomic E-state index is -0.628. The van der Waals surface area contributed by atoms with Gasteiger partial charge in [-0.05, 0) is 50.1 Å². The van der Waals surface area contributed by atoms with Crippen molar-refractivity contribution < 1.29 is 9.59 Å². The van der Waals surface area contributed by atoms with Crippen LogP contribution in [0, 0.1) is 0 Å². The lowest BCUT2D eigenvalue weighted by atomic mass is 10.1. The van der Waals surface area contributed by atoms with Gasteiger partial charge in [0, 0.05) is 17.3 Å². The van der Waals surface area contributed by atoms with E-state index in [4.69, 9.17) is 5.73 Å². The maximum Gasteiger partial charge on any atom is 0.251 e. The smallest absolute Gasteiger partial charge is 0.251 e. The SMILES string of the molecule is CC(C)NC(=O)c1ccc(NC(=O)[C@@H](N)Cc2ccccc2)cc1.Cl. The van der Waals surface area contributed by atoms with Gasteiger partial charge in [0.1, 0.15) is 0 Å². The van der Waals surface area contributed by atoms with E-state index in [1.54, 1.807) is 24.3 Å². The summed E-state index contributed by atoms with van der Waals surface area (Å²) >= 11 is 0. The van der Waals surface area contributed by atoms with E-state index in [1.165, 1.54) is 0 Å². The fourth-order valence-corrected chi connectivity index (χ4v) is 2.25. The van der Waals surface area contributed by atoms with Crippen LogP contribution in [0.1, 0.15) is 29.8 Å². The molecule has 2 amide bonds. The number of anilines is 1. The summed E-state index contributed by atoms with van der Waals surface area (Å²) in [6.07, 6.45) is 0.474. The van der Waals surface area contributed by atoms with Crippen molar-refractivity contribution in [2.45, 2.75) is 32.4 Å². The molecule has 6 heteroatoms. The van der Waals surface area contributed by atoms with E-state index in [9.17, 15) is 9.59 Å². The van der Waals surface area contributed by atoms with Gasteiger partial charge in [-0.1, -0.05) is 30.3 Å². The fourth-order valence-electron chi connectivity index (χ4n) is 2.25. The van der Waals surface area contributed by atoms with Gasteiger partial charge in [-0.15, -0.1) is 12.4 Å². The van der Waals surface area contributed by atoms with Gasteiger partial charge < -0.3 is 16.4 Å². The van der Waals surface area contributed by atoms with Crippen molar-refractivity contribution in [2.75, 3.05) is 5.32 Å². The lowest BCUT2D eigenvalue weighted by Crippen LogP contribution is -2.37. The second kappa shape index (κ2) is 9.81. The van der Waals surface area contributed by atoms with Crippen molar-refractivity contribution in [1.82, 2.24) is 5.32 Å². The lowest BCUT2D eigenvalue weighted by molar-refractivity contribution is -0.117. The quantitative estimate of drug-likeness (QED) is 0.739. The molecule has 0 saturated heterocycles. The number of nitrogens with one attached hydrogen (secondary N) is 2. The van der Waals surface area contributed by atoms with Crippen LogP contribution < -0.4 is 16.4 Å². The van der Waals surface area contributed by atoms with Crippen LogP contribution in [-0.2, 0) is 11.2 Å². The molecule has 1 atom stereocenters. The zero-order chi connectivity index (χ0) is 17.5. The molecule has 0 heterocycles. The Labute approximate surface area is 154 Å². The third kappa shape index (κ3) is 6.57. The summed E-state index contributed by atoms with van der Waals surface area (Å²) in [5, 5.41) is 5.59. The van der Waals surface area contributed by atoms with Crippen molar-refractivity contribution in [3.63, 3.8) is 0 Å². The number of hydrogen-bond acceptors (Lipinski definition) is 3. The van der Waals surface area contributed by atoms with Crippen molar-refractivity contribution >= 4 is 29.9 Å². The number of benzene rings is 2. The summed E-state index contributed by atoms with van der Waals surface area (Å²) < 4.78 is 0. The summed E-state index contributed by atoms with van der Waals surface area (Å²) in [6.45, 7) is 3.81. The van der Waals surface area contributed by atoms with Gasteiger partial charge in [0.05, 0.1) is 6.04 Å². The van der Waals surface area contributed by atoms with E-state index in [0.29, 0.717) is 17.7 Å². The molecule has 2 aromatic rings. The van der Waals surface area contributed by atoms with E-state index in [-0.39, 0.29) is 30.3 Å². The van der Waals surface area contributed by atoms with Crippen LogP contribution in [-0.4, -0.2) is 23.9 Å². The minimum Gasteiger partial charge on any atom is -0.350 e. The number of halogens is 1. The molecule has 25 heavy (non-hydrogen) atoms. The highest BCUT2D eigenvalue weighted by Crippen LogP contribution is 2.11. The fraction of sp³-hybridized carbons (Fsp3) is 0.263. The van der Waals surface area contributed by atoms with E-state index in [1.807, 2.05) is 44.2 Å². The zero-order valence-electron chi connectivity index (χ0n) is 14.4. The van der Waals surface area contributed by atoms with Crippen LogP contribution >= 0.6 is 12.4 Å². The van der Waals surface area contributed by atoms with Crippen LogP contribution in [0.25, 0.3) is 0 Å². The highest BCUT2D eigenvalue weighted by molar-refractivity contribution is 5.97. The van der Waals surface area contributed by atoms with Crippen LogP contribution in [0.4, 0.5) is 5.69 Å². The van der Waals surface area contributed by atoms with Gasteiger partial charge in [-0.3, -0.25) is 9.59 Å². The van der Waals surface area contributed by atoms with Gasteiger partial charge in [0.25, 0.3) is 5.91 Å². The molecule has 2 aromatic carbocycles. The van der Waals surface area contributed by atoms with Gasteiger partial charge in [-0.2, -0.15) is 0 Å². The number of carbonyl (C=O) groups excluding carboxylic acids is 2. The standard InChI is InChI=1S/C19H23N3O2.ClH/c1-13(2)21-18(23)15-8-10-16(11-9-15)22-19(24)17(20)12-14-6-4-3-5-7-14;/h3-11,13,17H,12,20H2,1-2H3,(H,21,23)(H,22,24);1H/t17-;/m0./s1. The number of nitrogens with two attached hydrogens (primary N) is 1. The van der Waals surface area contributed by atoms with Crippen LogP contribution in [0.15, 0.2) is 54.6 Å². The van der Waals surface area contributed by atoms with Crippen LogP contribution in [0.5, 0.6) is 0 Å². The molecule has 0 fully saturated rings. The predicted molar refractivity (Wildman–Crippen MR) is 103 cm³/mol. The van der Waals surface area contributed by atoms with Crippen LogP contribution in [0.3, 0.4) is 0 Å². The van der Waals surface area contributed by atoms with Crippen LogP contribution in [0.2, 0.25) is 0 Å². The number of rotatable bonds is 6. The molecule has 0 aliphatic heterocycles. The Morgan fingerprint density at radius 3 is 2.16 bits per heavy atom. The molecule has 0 unspecified atom stereocenters. The lowest BCUT2D eigenvalue weighted by Gasteiger charge is -2.13. The third-order valence-corrected chi connectivity index (χ3v) is 3.47. The Bertz CT molecular complexity index is 688. The largest absolute Gasteiger partial charge is 0.350 e. The predicted octanol–water partition coefficient (Wildman–Crippen LogP) is 2.76. The summed E-state index contributed by atoms with van der Waals surface area (Å²) in [6, 6.07) is 15.8. The van der Waals surface area contributed by atoms with E-state index in [0.717, 1.165) is 5.56 Å². The molecule has 5 nitrogen and oxygen atoms in total. The molecule has 0 saturated carbocycles. The zero-order valence-corrected chi connectivity index (χ0v) is 15.2. The first-order valence-corrected chi connectivity index (χ1v) is 7.97. The summed E-state index contributed by atoms with van der Waals surface area (Å²) in [4.78, 5) is 24.0. The molecule has 134 valence electrons. The molecule has 4 N–H and O–H groups in total. The van der Waals surface area contributed by atoms with Crippen molar-refractivity contribution in [2.24, 2.45) is 5.73 Å². The summed E-state index contributed by atoms with van der Waals surface area (Å²) in [5.74, 6) is -0.387. The number of carbonyl (C=O) groups is 2. The average molecular weight is 362 g/mol. The minimum absolute atomic E-state index is 0. The van der Waals surface area contributed by atoms with E-state index in [2.05, 4.69) is 10.6 Å². The molecule has 0 aromatic heterocycles. The maximum absolute atomic E-state index is 12.2. The summed E-state index contributed by atoms with van der Waals surface area (Å²) in [5.41, 5.74) is 8.14. The Balaban J connectivity index is 0.00000312. The molecule has 0 aliphatic carbocycles. The monoisotopic (exact) mass is 361 g/mol. The van der Waals surface area contributed by atoms with Gasteiger partial charge in [0.15, 0.2) is 0 Å². The summed E-state index contributed by atoms with van der Waals surface area (Å²) in [7, 11) is 0. The van der Waals surface area contributed by atoms with E-state index < -0.39 is 6.04 Å². The molecular formula is C19H24ClN3O2. The molecule has 2 rings (SSSR count). The molecule has 0 bridgehead atoms. The average Bonchev–Trinajstić information content (AvgIpc) is 2.55. The van der Waals surface area contributed by atoms with Gasteiger partial charge in [-0.25, -0.2) is 0 Å². The second-order valence-corrected chi connectivity index (χ2v) is 5.99. The van der Waals surface area contributed by atoms with Crippen molar-refractivity contribution in [1.29, 1.82) is 0 Å².